The number of hydrogen-bond acceptors (Lipinski definition) is 5. The van der Waals surface area contributed by atoms with Gasteiger partial charge in [-0.3, -0.25) is 9.48 Å². The molecule has 0 unspecified atom stereocenters. The Morgan fingerprint density at radius 1 is 1.25 bits per heavy atom. The molecule has 1 saturated heterocycles. The average molecular weight is 351 g/mol. The minimum Gasteiger partial charge on any atom is -0.368 e. The SMILES string of the molecule is Cc1nn(C)c(C)c1C(=O)Nc1ccc(N2CCNCC2)cn1.Cl. The summed E-state index contributed by atoms with van der Waals surface area (Å²) in [5, 5.41) is 10.4. The van der Waals surface area contributed by atoms with E-state index >= 15 is 0 Å². The molecule has 8 heteroatoms. The Balaban J connectivity index is 0.00000208. The van der Waals surface area contributed by atoms with Gasteiger partial charge in [0, 0.05) is 38.9 Å². The Bertz CT molecular complexity index is 706. The molecule has 24 heavy (non-hydrogen) atoms. The van der Waals surface area contributed by atoms with Gasteiger partial charge >= 0.3 is 0 Å². The monoisotopic (exact) mass is 350 g/mol. The summed E-state index contributed by atoms with van der Waals surface area (Å²) < 4.78 is 1.71. The molecule has 0 aliphatic carbocycles. The lowest BCUT2D eigenvalue weighted by molar-refractivity contribution is 0.102. The summed E-state index contributed by atoms with van der Waals surface area (Å²) in [6.07, 6.45) is 1.81. The number of halogens is 1. The highest BCUT2D eigenvalue weighted by Crippen LogP contribution is 2.17. The van der Waals surface area contributed by atoms with Gasteiger partial charge in [-0.1, -0.05) is 0 Å². The van der Waals surface area contributed by atoms with E-state index in [1.165, 1.54) is 0 Å². The van der Waals surface area contributed by atoms with Gasteiger partial charge in [0.1, 0.15) is 5.82 Å². The van der Waals surface area contributed by atoms with E-state index in [9.17, 15) is 4.79 Å². The number of pyridine rings is 1. The molecule has 130 valence electrons. The van der Waals surface area contributed by atoms with Gasteiger partial charge in [-0.05, 0) is 26.0 Å². The Labute approximate surface area is 147 Å². The van der Waals surface area contributed by atoms with Crippen LogP contribution in [0.4, 0.5) is 11.5 Å². The molecule has 2 N–H and O–H groups in total. The Hall–Kier alpha value is -2.12. The summed E-state index contributed by atoms with van der Waals surface area (Å²) in [4.78, 5) is 19.1. The van der Waals surface area contributed by atoms with Crippen LogP contribution < -0.4 is 15.5 Å². The first-order chi connectivity index (χ1) is 11.1. The third-order valence-corrected chi connectivity index (χ3v) is 4.21. The fraction of sp³-hybridized carbons (Fsp3) is 0.438. The number of nitrogens with zero attached hydrogens (tertiary/aromatic N) is 4. The molecule has 2 aromatic rings. The van der Waals surface area contributed by atoms with E-state index in [4.69, 9.17) is 0 Å². The van der Waals surface area contributed by atoms with Crippen molar-refractivity contribution in [3.05, 3.63) is 35.3 Å². The maximum absolute atomic E-state index is 12.4. The highest BCUT2D eigenvalue weighted by molar-refractivity contribution is 6.05. The second-order valence-corrected chi connectivity index (χ2v) is 5.76. The smallest absolute Gasteiger partial charge is 0.260 e. The molecule has 2 aromatic heterocycles. The van der Waals surface area contributed by atoms with Crippen LogP contribution in [-0.2, 0) is 7.05 Å². The van der Waals surface area contributed by atoms with Crippen molar-refractivity contribution in [3.8, 4) is 0 Å². The fourth-order valence-electron chi connectivity index (χ4n) is 2.85. The van der Waals surface area contributed by atoms with E-state index in [1.807, 2.05) is 39.2 Å². The highest BCUT2D eigenvalue weighted by Gasteiger charge is 2.18. The highest BCUT2D eigenvalue weighted by atomic mass is 35.5. The number of amides is 1. The van der Waals surface area contributed by atoms with Crippen LogP contribution in [0.5, 0.6) is 0 Å². The van der Waals surface area contributed by atoms with Gasteiger partial charge in [-0.2, -0.15) is 5.10 Å². The molecule has 0 radical (unpaired) electrons. The number of anilines is 2. The number of aromatic nitrogens is 3. The number of piperazine rings is 1. The molecular formula is C16H23ClN6O. The summed E-state index contributed by atoms with van der Waals surface area (Å²) in [5.41, 5.74) is 3.26. The zero-order valence-electron chi connectivity index (χ0n) is 14.2. The lowest BCUT2D eigenvalue weighted by atomic mass is 10.2. The van der Waals surface area contributed by atoms with Crippen LogP contribution in [-0.4, -0.2) is 46.9 Å². The van der Waals surface area contributed by atoms with Crippen LogP contribution in [0, 0.1) is 13.8 Å². The van der Waals surface area contributed by atoms with Crippen LogP contribution in [0.25, 0.3) is 0 Å². The van der Waals surface area contributed by atoms with Crippen molar-refractivity contribution >= 4 is 29.8 Å². The molecule has 0 bridgehead atoms. The molecule has 3 heterocycles. The molecule has 3 rings (SSSR count). The van der Waals surface area contributed by atoms with Gasteiger partial charge in [-0.15, -0.1) is 12.4 Å². The molecule has 1 aliphatic heterocycles. The zero-order valence-corrected chi connectivity index (χ0v) is 15.0. The van der Waals surface area contributed by atoms with Crippen molar-refractivity contribution in [2.24, 2.45) is 7.05 Å². The third kappa shape index (κ3) is 3.68. The largest absolute Gasteiger partial charge is 0.368 e. The quantitative estimate of drug-likeness (QED) is 0.877. The van der Waals surface area contributed by atoms with Gasteiger partial charge < -0.3 is 15.5 Å². The van der Waals surface area contributed by atoms with Crippen molar-refractivity contribution in [2.75, 3.05) is 36.4 Å². The van der Waals surface area contributed by atoms with Gasteiger partial charge in [0.25, 0.3) is 5.91 Å². The summed E-state index contributed by atoms with van der Waals surface area (Å²) >= 11 is 0. The van der Waals surface area contributed by atoms with Crippen molar-refractivity contribution in [1.82, 2.24) is 20.1 Å². The normalized spacial score (nSPS) is 14.2. The van der Waals surface area contributed by atoms with Gasteiger partial charge in [0.15, 0.2) is 0 Å². The second-order valence-electron chi connectivity index (χ2n) is 5.76. The predicted octanol–water partition coefficient (Wildman–Crippen LogP) is 1.52. The molecule has 7 nitrogen and oxygen atoms in total. The number of rotatable bonds is 3. The van der Waals surface area contributed by atoms with Gasteiger partial charge in [0.05, 0.1) is 23.1 Å². The van der Waals surface area contributed by atoms with Crippen LogP contribution in [0.15, 0.2) is 18.3 Å². The topological polar surface area (TPSA) is 75.1 Å². The molecule has 1 fully saturated rings. The number of nitrogens with one attached hydrogen (secondary N) is 2. The van der Waals surface area contributed by atoms with Gasteiger partial charge in [-0.25, -0.2) is 4.98 Å². The van der Waals surface area contributed by atoms with E-state index in [1.54, 1.807) is 4.68 Å². The van der Waals surface area contributed by atoms with Crippen LogP contribution >= 0.6 is 12.4 Å². The van der Waals surface area contributed by atoms with Crippen LogP contribution in [0.2, 0.25) is 0 Å². The third-order valence-electron chi connectivity index (χ3n) is 4.21. The Morgan fingerprint density at radius 2 is 1.96 bits per heavy atom. The first-order valence-corrected chi connectivity index (χ1v) is 7.79. The van der Waals surface area contributed by atoms with Crippen molar-refractivity contribution in [2.45, 2.75) is 13.8 Å². The molecule has 0 atom stereocenters. The molecule has 0 spiro atoms. The minimum atomic E-state index is -0.171. The Kier molecular flexibility index (Phi) is 5.80. The molecule has 0 saturated carbocycles. The fourth-order valence-corrected chi connectivity index (χ4v) is 2.85. The molecule has 0 aromatic carbocycles. The first kappa shape index (κ1) is 18.2. The number of carbonyl (C=O) groups is 1. The molecule has 1 aliphatic rings. The van der Waals surface area contributed by atoms with Crippen molar-refractivity contribution < 1.29 is 4.79 Å². The predicted molar refractivity (Wildman–Crippen MR) is 97.2 cm³/mol. The second kappa shape index (κ2) is 7.63. The van der Waals surface area contributed by atoms with E-state index in [-0.39, 0.29) is 18.3 Å². The van der Waals surface area contributed by atoms with E-state index in [2.05, 4.69) is 25.6 Å². The van der Waals surface area contributed by atoms with Crippen molar-refractivity contribution in [3.63, 3.8) is 0 Å². The number of hydrogen-bond donors (Lipinski definition) is 2. The van der Waals surface area contributed by atoms with E-state index in [0.717, 1.165) is 43.3 Å². The Morgan fingerprint density at radius 3 is 2.50 bits per heavy atom. The average Bonchev–Trinajstić information content (AvgIpc) is 2.81. The lowest BCUT2D eigenvalue weighted by Gasteiger charge is -2.29. The first-order valence-electron chi connectivity index (χ1n) is 7.79. The number of carbonyl (C=O) groups excluding carboxylic acids is 1. The summed E-state index contributed by atoms with van der Waals surface area (Å²) in [6.45, 7) is 7.64. The van der Waals surface area contributed by atoms with Gasteiger partial charge in [0.2, 0.25) is 0 Å². The standard InChI is InChI=1S/C16H22N6O.ClH/c1-11-15(12(2)21(3)20-11)16(23)19-14-5-4-13(10-18-14)22-8-6-17-7-9-22;/h4-5,10,17H,6-9H2,1-3H3,(H,18,19,23);1H. The maximum atomic E-state index is 12.4. The summed E-state index contributed by atoms with van der Waals surface area (Å²) in [6, 6.07) is 3.84. The number of aryl methyl sites for hydroxylation is 2. The van der Waals surface area contributed by atoms with E-state index in [0.29, 0.717) is 11.4 Å². The van der Waals surface area contributed by atoms with Crippen molar-refractivity contribution in [1.29, 1.82) is 0 Å². The minimum absolute atomic E-state index is 0. The van der Waals surface area contributed by atoms with Crippen LogP contribution in [0.1, 0.15) is 21.7 Å². The van der Waals surface area contributed by atoms with E-state index < -0.39 is 0 Å². The summed E-state index contributed by atoms with van der Waals surface area (Å²) in [5.74, 6) is 0.382. The lowest BCUT2D eigenvalue weighted by Crippen LogP contribution is -2.43. The zero-order chi connectivity index (χ0) is 16.4. The summed E-state index contributed by atoms with van der Waals surface area (Å²) in [7, 11) is 1.83. The molecule has 1 amide bonds. The molecular weight excluding hydrogens is 328 g/mol. The van der Waals surface area contributed by atoms with Crippen LogP contribution in [0.3, 0.4) is 0 Å². The maximum Gasteiger partial charge on any atom is 0.260 e.